The third-order valence-corrected chi connectivity index (χ3v) is 6.10. The molecule has 0 saturated carbocycles. The highest BCUT2D eigenvalue weighted by atomic mass is 35.5. The normalized spacial score (nSPS) is 13.0. The Labute approximate surface area is 203 Å². The minimum atomic E-state index is -0.238. The predicted octanol–water partition coefficient (Wildman–Crippen LogP) is 5.50. The second kappa shape index (κ2) is 10.1. The van der Waals surface area contributed by atoms with E-state index in [1.807, 2.05) is 19.0 Å². The van der Waals surface area contributed by atoms with Crippen LogP contribution in [-0.2, 0) is 19.5 Å². The molecular formula is C24H23Cl3N2O3. The number of fused-ring (bicyclic) bond motifs is 1. The lowest BCUT2D eigenvalue weighted by Gasteiger charge is -2.26. The molecule has 0 spiro atoms. The number of carbonyl (C=O) groups is 2. The van der Waals surface area contributed by atoms with E-state index < -0.39 is 0 Å². The summed E-state index contributed by atoms with van der Waals surface area (Å²) in [6.45, 7) is 1.80. The predicted molar refractivity (Wildman–Crippen MR) is 128 cm³/mol. The molecule has 0 unspecified atom stereocenters. The Hall–Kier alpha value is -2.31. The van der Waals surface area contributed by atoms with Crippen LogP contribution in [0.4, 0.5) is 0 Å². The van der Waals surface area contributed by atoms with Crippen molar-refractivity contribution in [2.45, 2.75) is 19.5 Å². The van der Waals surface area contributed by atoms with Gasteiger partial charge in [-0.2, -0.15) is 0 Å². The van der Waals surface area contributed by atoms with E-state index in [0.29, 0.717) is 34.8 Å². The number of ketones is 1. The molecular weight excluding hydrogens is 471 g/mol. The number of hydrogen-bond donors (Lipinski definition) is 0. The topological polar surface area (TPSA) is 53.8 Å². The summed E-state index contributed by atoms with van der Waals surface area (Å²) in [6, 6.07) is 13.7. The Morgan fingerprint density at radius 2 is 1.75 bits per heavy atom. The average Bonchev–Trinajstić information content (AvgIpc) is 3.15. The van der Waals surface area contributed by atoms with E-state index in [4.69, 9.17) is 27.6 Å². The fraction of sp³-hybridized carbons (Fsp3) is 0.250. The summed E-state index contributed by atoms with van der Waals surface area (Å²) in [7, 11) is 3.98. The van der Waals surface area contributed by atoms with E-state index in [9.17, 15) is 9.59 Å². The first-order chi connectivity index (χ1) is 14.8. The van der Waals surface area contributed by atoms with Gasteiger partial charge in [0.1, 0.15) is 11.5 Å². The molecule has 0 aliphatic carbocycles. The molecule has 4 rings (SSSR count). The quantitative estimate of drug-likeness (QED) is 0.441. The highest BCUT2D eigenvalue weighted by Gasteiger charge is 2.25. The lowest BCUT2D eigenvalue weighted by atomic mass is 10.0. The van der Waals surface area contributed by atoms with Gasteiger partial charge in [-0.25, -0.2) is 0 Å². The third-order valence-electron chi connectivity index (χ3n) is 5.28. The van der Waals surface area contributed by atoms with E-state index in [1.54, 1.807) is 47.4 Å². The highest BCUT2D eigenvalue weighted by molar-refractivity contribution is 6.44. The van der Waals surface area contributed by atoms with Crippen molar-refractivity contribution in [2.75, 3.05) is 20.6 Å². The van der Waals surface area contributed by atoms with Gasteiger partial charge in [0.25, 0.3) is 5.91 Å². The Kier molecular flexibility index (Phi) is 7.67. The molecule has 1 aromatic heterocycles. The van der Waals surface area contributed by atoms with Crippen LogP contribution in [0.2, 0.25) is 10.0 Å². The van der Waals surface area contributed by atoms with Gasteiger partial charge in [-0.15, -0.1) is 12.4 Å². The molecule has 0 N–H and O–H groups in total. The molecule has 1 aliphatic rings. The van der Waals surface area contributed by atoms with Gasteiger partial charge in [-0.3, -0.25) is 9.59 Å². The van der Waals surface area contributed by atoms with Crippen molar-refractivity contribution >= 4 is 47.3 Å². The maximum atomic E-state index is 13.0. The Bertz CT molecular complexity index is 1140. The van der Waals surface area contributed by atoms with Gasteiger partial charge in [0.05, 0.1) is 23.1 Å². The number of rotatable bonds is 5. The van der Waals surface area contributed by atoms with E-state index in [2.05, 4.69) is 6.07 Å². The van der Waals surface area contributed by atoms with Gasteiger partial charge in [0.2, 0.25) is 0 Å². The van der Waals surface area contributed by atoms with Crippen LogP contribution in [0.25, 0.3) is 0 Å². The van der Waals surface area contributed by atoms with E-state index in [1.165, 1.54) is 5.56 Å². The van der Waals surface area contributed by atoms with Gasteiger partial charge in [0, 0.05) is 23.2 Å². The van der Waals surface area contributed by atoms with Crippen LogP contribution in [0.3, 0.4) is 0 Å². The SMILES string of the molecule is CN(C)Cc1cc2c(o1)CN(C(=O)c1ccc(C(=O)c3cccc(Cl)c3Cl)cc1)CC2.Cl. The molecule has 0 fully saturated rings. The second-order valence-electron chi connectivity index (χ2n) is 7.88. The van der Waals surface area contributed by atoms with Crippen LogP contribution < -0.4 is 0 Å². The molecule has 0 atom stereocenters. The highest BCUT2D eigenvalue weighted by Crippen LogP contribution is 2.28. The summed E-state index contributed by atoms with van der Waals surface area (Å²) in [4.78, 5) is 29.6. The first-order valence-corrected chi connectivity index (χ1v) is 10.7. The lowest BCUT2D eigenvalue weighted by molar-refractivity contribution is 0.0718. The van der Waals surface area contributed by atoms with Crippen molar-refractivity contribution in [3.8, 4) is 0 Å². The number of amides is 1. The molecule has 5 nitrogen and oxygen atoms in total. The van der Waals surface area contributed by atoms with Crippen LogP contribution in [0.5, 0.6) is 0 Å². The number of halogens is 3. The Morgan fingerprint density at radius 3 is 2.44 bits per heavy atom. The zero-order valence-corrected chi connectivity index (χ0v) is 20.1. The van der Waals surface area contributed by atoms with Crippen molar-refractivity contribution in [3.63, 3.8) is 0 Å². The largest absolute Gasteiger partial charge is 0.463 e. The molecule has 0 radical (unpaired) electrons. The molecule has 0 saturated heterocycles. The van der Waals surface area contributed by atoms with Crippen LogP contribution in [0, 0.1) is 0 Å². The molecule has 2 aromatic carbocycles. The lowest BCUT2D eigenvalue weighted by Crippen LogP contribution is -2.35. The summed E-state index contributed by atoms with van der Waals surface area (Å²) in [5.74, 6) is 1.43. The fourth-order valence-electron chi connectivity index (χ4n) is 3.73. The van der Waals surface area contributed by atoms with Crippen LogP contribution in [0.1, 0.15) is 43.4 Å². The van der Waals surface area contributed by atoms with Gasteiger partial charge >= 0.3 is 0 Å². The average molecular weight is 494 g/mol. The standard InChI is InChI=1S/C24H22Cl2N2O3.ClH/c1-27(2)13-18-12-17-10-11-28(14-21(17)31-18)24(30)16-8-6-15(7-9-16)23(29)19-4-3-5-20(25)22(19)26;/h3-9,12H,10-11,13-14H2,1-2H3;1H. The van der Waals surface area contributed by atoms with Gasteiger partial charge in [0.15, 0.2) is 5.78 Å². The fourth-order valence-corrected chi connectivity index (χ4v) is 4.11. The minimum Gasteiger partial charge on any atom is -0.463 e. The zero-order chi connectivity index (χ0) is 22.1. The first-order valence-electron chi connectivity index (χ1n) is 9.96. The van der Waals surface area contributed by atoms with Crippen LogP contribution in [-0.4, -0.2) is 42.1 Å². The maximum Gasteiger partial charge on any atom is 0.254 e. The van der Waals surface area contributed by atoms with Crippen LogP contribution >= 0.6 is 35.6 Å². The van der Waals surface area contributed by atoms with Gasteiger partial charge in [-0.1, -0.05) is 41.4 Å². The van der Waals surface area contributed by atoms with Crippen molar-refractivity contribution in [1.82, 2.24) is 9.80 Å². The summed E-state index contributed by atoms with van der Waals surface area (Å²) >= 11 is 12.2. The van der Waals surface area contributed by atoms with Crippen molar-refractivity contribution in [3.05, 3.63) is 92.4 Å². The number of furan rings is 1. The molecule has 3 aromatic rings. The summed E-state index contributed by atoms with van der Waals surface area (Å²) in [5.41, 5.74) is 2.47. The van der Waals surface area contributed by atoms with Gasteiger partial charge < -0.3 is 14.2 Å². The molecule has 8 heteroatoms. The number of nitrogens with zero attached hydrogens (tertiary/aromatic N) is 2. The van der Waals surface area contributed by atoms with E-state index >= 15 is 0 Å². The molecule has 1 aliphatic heterocycles. The molecule has 32 heavy (non-hydrogen) atoms. The monoisotopic (exact) mass is 492 g/mol. The van der Waals surface area contributed by atoms with Gasteiger partial charge in [-0.05, 0) is 56.4 Å². The van der Waals surface area contributed by atoms with E-state index in [0.717, 1.165) is 24.5 Å². The van der Waals surface area contributed by atoms with E-state index in [-0.39, 0.29) is 29.1 Å². The summed E-state index contributed by atoms with van der Waals surface area (Å²) in [5, 5.41) is 0.556. The molecule has 2 heterocycles. The molecule has 0 bridgehead atoms. The number of benzene rings is 2. The molecule has 168 valence electrons. The summed E-state index contributed by atoms with van der Waals surface area (Å²) in [6.07, 6.45) is 0.766. The first kappa shape index (κ1) is 24.3. The summed E-state index contributed by atoms with van der Waals surface area (Å²) < 4.78 is 5.95. The smallest absolute Gasteiger partial charge is 0.254 e. The van der Waals surface area contributed by atoms with Crippen molar-refractivity contribution < 1.29 is 14.0 Å². The zero-order valence-electron chi connectivity index (χ0n) is 17.7. The number of carbonyl (C=O) groups excluding carboxylic acids is 2. The molecule has 1 amide bonds. The maximum absolute atomic E-state index is 13.0. The second-order valence-corrected chi connectivity index (χ2v) is 8.67. The minimum absolute atomic E-state index is 0. The van der Waals surface area contributed by atoms with Crippen molar-refractivity contribution in [1.29, 1.82) is 0 Å². The Balaban J connectivity index is 0.00000289. The Morgan fingerprint density at radius 1 is 1.06 bits per heavy atom. The van der Waals surface area contributed by atoms with Crippen LogP contribution in [0.15, 0.2) is 52.9 Å². The van der Waals surface area contributed by atoms with Crippen molar-refractivity contribution in [2.24, 2.45) is 0 Å². The third kappa shape index (κ3) is 5.02. The number of hydrogen-bond acceptors (Lipinski definition) is 4.